The van der Waals surface area contributed by atoms with Crippen LogP contribution in [0, 0.1) is 19.8 Å². The summed E-state index contributed by atoms with van der Waals surface area (Å²) < 4.78 is 76.1. The number of carboxylic acid groups (broad SMARTS) is 1. The van der Waals surface area contributed by atoms with E-state index in [0.717, 1.165) is 41.9 Å². The standard InChI is InChI=1S/C42H41F4N5O6/c1-22-27(7-4-9-29(22)38-48-31-13-25(20-50-18-24(19-50)17-47-3)34(56-41(43)44)15-36(31)54-38)28-8-5-10-30(23(28)2)39-49-32-14-26(21-51-12-6-11-33(51)40(52)53)35(57-42(45)46)16-37(32)55-39/h4-5,7-10,13-16,24,33,41-42,47H,6,11-12,17-21H2,1-3H3,(H,52,53)/t33-/m0/s1. The summed E-state index contributed by atoms with van der Waals surface area (Å²) in [5, 5.41) is 12.8. The van der Waals surface area contributed by atoms with Gasteiger partial charge in [-0.3, -0.25) is 14.6 Å². The van der Waals surface area contributed by atoms with Crippen molar-refractivity contribution in [2.75, 3.05) is 33.2 Å². The van der Waals surface area contributed by atoms with E-state index in [4.69, 9.17) is 28.3 Å². The van der Waals surface area contributed by atoms with Crippen LogP contribution in [-0.4, -0.2) is 83.3 Å². The lowest BCUT2D eigenvalue weighted by Gasteiger charge is -2.39. The molecular weight excluding hydrogens is 746 g/mol. The molecule has 4 aromatic carbocycles. The lowest BCUT2D eigenvalue weighted by molar-refractivity contribution is -0.142. The van der Waals surface area contributed by atoms with E-state index in [1.807, 2.05) is 57.3 Å². The summed E-state index contributed by atoms with van der Waals surface area (Å²) in [4.78, 5) is 25.2. The van der Waals surface area contributed by atoms with Crippen molar-refractivity contribution < 1.29 is 45.8 Å². The molecular formula is C42H41F4N5O6. The monoisotopic (exact) mass is 787 g/mol. The predicted molar refractivity (Wildman–Crippen MR) is 204 cm³/mol. The molecule has 15 heteroatoms. The molecule has 0 spiro atoms. The molecule has 0 saturated carbocycles. The van der Waals surface area contributed by atoms with Crippen LogP contribution in [-0.2, 0) is 17.9 Å². The molecule has 6 aromatic rings. The Morgan fingerprint density at radius 1 is 0.825 bits per heavy atom. The Hall–Kier alpha value is -5.51. The summed E-state index contributed by atoms with van der Waals surface area (Å²) in [6, 6.07) is 17.0. The Kier molecular flexibility index (Phi) is 10.6. The number of ether oxygens (including phenoxy) is 2. The summed E-state index contributed by atoms with van der Waals surface area (Å²) in [5.74, 6) is 0.106. The molecule has 2 fully saturated rings. The molecule has 11 nitrogen and oxygen atoms in total. The smallest absolute Gasteiger partial charge is 0.387 e. The van der Waals surface area contributed by atoms with E-state index in [-0.39, 0.29) is 29.5 Å². The van der Waals surface area contributed by atoms with Crippen molar-refractivity contribution in [3.05, 3.63) is 82.9 Å². The summed E-state index contributed by atoms with van der Waals surface area (Å²) in [6.45, 7) is 1.46. The first-order valence-corrected chi connectivity index (χ1v) is 18.8. The second kappa shape index (κ2) is 15.8. The van der Waals surface area contributed by atoms with E-state index >= 15 is 0 Å². The number of nitrogens with one attached hydrogen (secondary N) is 1. The number of aliphatic carboxylic acids is 1. The first kappa shape index (κ1) is 38.4. The molecule has 298 valence electrons. The number of likely N-dealkylation sites (tertiary alicyclic amines) is 2. The number of hydrogen-bond donors (Lipinski definition) is 2. The summed E-state index contributed by atoms with van der Waals surface area (Å²) in [5.41, 5.74) is 7.37. The van der Waals surface area contributed by atoms with Gasteiger partial charge >= 0.3 is 19.2 Å². The number of carbonyl (C=O) groups is 1. The molecule has 2 aromatic heterocycles. The van der Waals surface area contributed by atoms with Crippen LogP contribution in [0.4, 0.5) is 17.6 Å². The maximum atomic E-state index is 13.5. The van der Waals surface area contributed by atoms with Gasteiger partial charge in [-0.15, -0.1) is 0 Å². The highest BCUT2D eigenvalue weighted by Crippen LogP contribution is 2.40. The fourth-order valence-corrected chi connectivity index (χ4v) is 8.18. The highest BCUT2D eigenvalue weighted by atomic mass is 19.3. The molecule has 57 heavy (non-hydrogen) atoms. The van der Waals surface area contributed by atoms with Crippen molar-refractivity contribution in [1.29, 1.82) is 0 Å². The molecule has 0 bridgehead atoms. The Morgan fingerprint density at radius 3 is 1.82 bits per heavy atom. The lowest BCUT2D eigenvalue weighted by Crippen LogP contribution is -2.49. The molecule has 4 heterocycles. The first-order valence-electron chi connectivity index (χ1n) is 18.8. The largest absolute Gasteiger partial charge is 0.480 e. The molecule has 2 saturated heterocycles. The average molecular weight is 788 g/mol. The van der Waals surface area contributed by atoms with E-state index in [2.05, 4.69) is 10.2 Å². The lowest BCUT2D eigenvalue weighted by atomic mass is 9.91. The number of fused-ring (bicyclic) bond motifs is 2. The molecule has 1 atom stereocenters. The molecule has 0 radical (unpaired) electrons. The van der Waals surface area contributed by atoms with Gasteiger partial charge in [0.1, 0.15) is 28.6 Å². The maximum Gasteiger partial charge on any atom is 0.387 e. The summed E-state index contributed by atoms with van der Waals surface area (Å²) in [6.07, 6.45) is 1.16. The zero-order chi connectivity index (χ0) is 40.0. The topological polar surface area (TPSA) is 126 Å². The Bertz CT molecular complexity index is 2450. The number of rotatable bonds is 14. The van der Waals surface area contributed by atoms with Crippen molar-refractivity contribution in [3.63, 3.8) is 0 Å². The first-order chi connectivity index (χ1) is 27.4. The van der Waals surface area contributed by atoms with Gasteiger partial charge in [-0.05, 0) is 92.7 Å². The zero-order valence-corrected chi connectivity index (χ0v) is 31.5. The SMILES string of the molecule is CNCC1CN(Cc2cc3nc(-c4cccc(-c5cccc(-c6nc7cc(CN8CCC[C@H]8C(=O)O)c(OC(F)F)cc7o6)c5C)c4C)oc3cc2OC(F)F)C1. The van der Waals surface area contributed by atoms with Crippen LogP contribution in [0.15, 0.2) is 69.5 Å². The molecule has 2 aliphatic heterocycles. The normalized spacial score (nSPS) is 16.7. The van der Waals surface area contributed by atoms with Crippen LogP contribution < -0.4 is 14.8 Å². The number of oxazole rings is 2. The van der Waals surface area contributed by atoms with Gasteiger partial charge < -0.3 is 28.7 Å². The minimum Gasteiger partial charge on any atom is -0.480 e. The van der Waals surface area contributed by atoms with Crippen molar-refractivity contribution >= 4 is 28.2 Å². The van der Waals surface area contributed by atoms with Gasteiger partial charge in [-0.2, -0.15) is 17.6 Å². The van der Waals surface area contributed by atoms with Crippen molar-refractivity contribution in [1.82, 2.24) is 25.1 Å². The van der Waals surface area contributed by atoms with E-state index in [1.165, 1.54) is 12.1 Å². The number of carboxylic acids is 1. The van der Waals surface area contributed by atoms with E-state index < -0.39 is 25.2 Å². The second-order valence-electron chi connectivity index (χ2n) is 14.7. The van der Waals surface area contributed by atoms with Gasteiger partial charge in [0.2, 0.25) is 11.8 Å². The Balaban J connectivity index is 1.11. The second-order valence-corrected chi connectivity index (χ2v) is 14.7. The number of halogens is 4. The van der Waals surface area contributed by atoms with Gasteiger partial charge in [-0.25, -0.2) is 9.97 Å². The van der Waals surface area contributed by atoms with Crippen molar-refractivity contribution in [3.8, 4) is 45.5 Å². The quantitative estimate of drug-likeness (QED) is 0.103. The van der Waals surface area contributed by atoms with Crippen LogP contribution in [0.2, 0.25) is 0 Å². The summed E-state index contributed by atoms with van der Waals surface area (Å²) >= 11 is 0. The van der Waals surface area contributed by atoms with E-state index in [1.54, 1.807) is 17.0 Å². The zero-order valence-electron chi connectivity index (χ0n) is 31.5. The third-order valence-electron chi connectivity index (χ3n) is 10.9. The van der Waals surface area contributed by atoms with E-state index in [9.17, 15) is 27.5 Å². The highest BCUT2D eigenvalue weighted by molar-refractivity contribution is 5.85. The third-order valence-corrected chi connectivity index (χ3v) is 10.9. The van der Waals surface area contributed by atoms with Crippen molar-refractivity contribution in [2.24, 2.45) is 5.92 Å². The molecule has 2 N–H and O–H groups in total. The minimum atomic E-state index is -3.09. The van der Waals surface area contributed by atoms with Crippen LogP contribution in [0.1, 0.15) is 35.1 Å². The van der Waals surface area contributed by atoms with E-state index in [0.29, 0.717) is 76.6 Å². The predicted octanol–water partition coefficient (Wildman–Crippen LogP) is 8.49. The van der Waals surface area contributed by atoms with Gasteiger partial charge in [0, 0.05) is 67.1 Å². The fourth-order valence-electron chi connectivity index (χ4n) is 8.18. The van der Waals surface area contributed by atoms with Gasteiger partial charge in [0.15, 0.2) is 11.2 Å². The number of benzene rings is 4. The van der Waals surface area contributed by atoms with Gasteiger partial charge in [-0.1, -0.05) is 24.3 Å². The number of aromatic nitrogens is 2. The molecule has 0 aliphatic carbocycles. The Labute approximate surface area is 325 Å². The van der Waals surface area contributed by atoms with Crippen LogP contribution >= 0.6 is 0 Å². The Morgan fingerprint density at radius 2 is 1.33 bits per heavy atom. The van der Waals surface area contributed by atoms with Crippen LogP contribution in [0.5, 0.6) is 11.5 Å². The van der Waals surface area contributed by atoms with Crippen LogP contribution in [0.3, 0.4) is 0 Å². The highest BCUT2D eigenvalue weighted by Gasteiger charge is 2.32. The molecule has 0 unspecified atom stereocenters. The molecule has 0 amide bonds. The average Bonchev–Trinajstić information content (AvgIpc) is 3.89. The van der Waals surface area contributed by atoms with Crippen LogP contribution in [0.25, 0.3) is 56.2 Å². The fraction of sp³-hybridized carbons (Fsp3) is 0.357. The van der Waals surface area contributed by atoms with Gasteiger partial charge in [0.05, 0.1) is 0 Å². The number of hydrogen-bond acceptors (Lipinski definition) is 10. The molecule has 8 rings (SSSR count). The summed E-state index contributed by atoms with van der Waals surface area (Å²) in [7, 11) is 1.91. The third kappa shape index (κ3) is 7.78. The molecule has 2 aliphatic rings. The van der Waals surface area contributed by atoms with Crippen molar-refractivity contribution in [2.45, 2.75) is 59.0 Å². The van der Waals surface area contributed by atoms with Gasteiger partial charge in [0.25, 0.3) is 0 Å². The number of nitrogens with zero attached hydrogens (tertiary/aromatic N) is 4. The number of alkyl halides is 4. The minimum absolute atomic E-state index is 0.0572. The maximum absolute atomic E-state index is 13.5.